The van der Waals surface area contributed by atoms with Crippen LogP contribution in [0.25, 0.3) is 22.4 Å². The molecule has 0 saturated heterocycles. The number of rotatable bonds is 1. The van der Waals surface area contributed by atoms with Crippen molar-refractivity contribution < 1.29 is 9.47 Å². The van der Waals surface area contributed by atoms with Gasteiger partial charge in [0.1, 0.15) is 5.82 Å². The van der Waals surface area contributed by atoms with Crippen molar-refractivity contribution >= 4 is 11.0 Å². The molecule has 0 unspecified atom stereocenters. The number of benzene rings is 2. The van der Waals surface area contributed by atoms with Crippen molar-refractivity contribution in [3.63, 3.8) is 0 Å². The Morgan fingerprint density at radius 2 is 2.00 bits per heavy atom. The van der Waals surface area contributed by atoms with Crippen molar-refractivity contribution in [3.8, 4) is 29.0 Å². The molecule has 0 saturated carbocycles. The first kappa shape index (κ1) is 11.8. The van der Waals surface area contributed by atoms with Gasteiger partial charge in [0.2, 0.25) is 6.79 Å². The summed E-state index contributed by atoms with van der Waals surface area (Å²) in [5, 5.41) is 8.98. The lowest BCUT2D eigenvalue weighted by atomic mass is 10.2. The second-order valence-electron chi connectivity index (χ2n) is 4.88. The summed E-state index contributed by atoms with van der Waals surface area (Å²) in [7, 11) is 1.96. The minimum absolute atomic E-state index is 0.257. The van der Waals surface area contributed by atoms with E-state index in [0.29, 0.717) is 5.56 Å². The van der Waals surface area contributed by atoms with Gasteiger partial charge in [0.05, 0.1) is 22.7 Å². The number of aryl methyl sites for hydroxylation is 1. The molecule has 0 aliphatic carbocycles. The molecule has 21 heavy (non-hydrogen) atoms. The summed E-state index contributed by atoms with van der Waals surface area (Å²) < 4.78 is 12.7. The fourth-order valence-electron chi connectivity index (χ4n) is 2.56. The van der Waals surface area contributed by atoms with Crippen LogP contribution < -0.4 is 9.47 Å². The number of imidazole rings is 1. The summed E-state index contributed by atoms with van der Waals surface area (Å²) in [6.07, 6.45) is 0. The maximum absolute atomic E-state index is 8.98. The second kappa shape index (κ2) is 4.25. The highest BCUT2D eigenvalue weighted by Crippen LogP contribution is 2.36. The van der Waals surface area contributed by atoms with Crippen molar-refractivity contribution in [3.05, 3.63) is 42.0 Å². The van der Waals surface area contributed by atoms with E-state index in [4.69, 9.17) is 14.7 Å². The molecule has 4 rings (SSSR count). The normalized spacial score (nSPS) is 12.6. The first-order chi connectivity index (χ1) is 10.3. The molecule has 0 amide bonds. The van der Waals surface area contributed by atoms with E-state index in [2.05, 4.69) is 11.1 Å². The Labute approximate surface area is 121 Å². The molecule has 102 valence electrons. The van der Waals surface area contributed by atoms with Gasteiger partial charge in [0.25, 0.3) is 0 Å². The third-order valence-corrected chi connectivity index (χ3v) is 3.64. The Hall–Kier alpha value is -3.00. The summed E-state index contributed by atoms with van der Waals surface area (Å²) in [5.41, 5.74) is 3.36. The summed E-state index contributed by atoms with van der Waals surface area (Å²) in [5.74, 6) is 2.32. The number of aromatic nitrogens is 2. The Kier molecular flexibility index (Phi) is 2.39. The third kappa shape index (κ3) is 1.73. The highest BCUT2D eigenvalue weighted by Gasteiger charge is 2.16. The maximum Gasteiger partial charge on any atom is 0.231 e. The van der Waals surface area contributed by atoms with Crippen molar-refractivity contribution in [2.24, 2.45) is 7.05 Å². The first-order valence-corrected chi connectivity index (χ1v) is 6.53. The minimum atomic E-state index is 0.257. The molecule has 5 heteroatoms. The molecule has 0 spiro atoms. The van der Waals surface area contributed by atoms with Gasteiger partial charge in [-0.15, -0.1) is 0 Å². The zero-order valence-corrected chi connectivity index (χ0v) is 11.3. The highest BCUT2D eigenvalue weighted by atomic mass is 16.7. The lowest BCUT2D eigenvalue weighted by Crippen LogP contribution is -1.93. The molecule has 1 aliphatic rings. The zero-order valence-electron chi connectivity index (χ0n) is 11.3. The monoisotopic (exact) mass is 277 g/mol. The van der Waals surface area contributed by atoms with Crippen LogP contribution in [0.1, 0.15) is 5.56 Å². The van der Waals surface area contributed by atoms with Crippen LogP contribution in [0.4, 0.5) is 0 Å². The number of fused-ring (bicyclic) bond motifs is 2. The number of hydrogen-bond acceptors (Lipinski definition) is 4. The fraction of sp³-hybridized carbons (Fsp3) is 0.125. The van der Waals surface area contributed by atoms with E-state index in [1.165, 1.54) is 0 Å². The SMILES string of the molecule is Cn1c(-c2ccc3c(c2)OCO3)nc2cc(C#N)ccc21. The van der Waals surface area contributed by atoms with Gasteiger partial charge >= 0.3 is 0 Å². The molecular weight excluding hydrogens is 266 g/mol. The van der Waals surface area contributed by atoms with Gasteiger partial charge in [-0.2, -0.15) is 5.26 Å². The average molecular weight is 277 g/mol. The smallest absolute Gasteiger partial charge is 0.231 e. The quantitative estimate of drug-likeness (QED) is 0.686. The van der Waals surface area contributed by atoms with Crippen LogP contribution in [0.2, 0.25) is 0 Å². The molecule has 5 nitrogen and oxygen atoms in total. The van der Waals surface area contributed by atoms with Crippen LogP contribution >= 0.6 is 0 Å². The first-order valence-electron chi connectivity index (χ1n) is 6.53. The lowest BCUT2D eigenvalue weighted by Gasteiger charge is -2.03. The van der Waals surface area contributed by atoms with Crippen LogP contribution in [0, 0.1) is 11.3 Å². The van der Waals surface area contributed by atoms with Crippen LogP contribution in [-0.2, 0) is 7.05 Å². The molecule has 0 bridgehead atoms. The zero-order chi connectivity index (χ0) is 14.4. The van der Waals surface area contributed by atoms with E-state index in [0.717, 1.165) is 33.9 Å². The van der Waals surface area contributed by atoms with Crippen LogP contribution in [0.5, 0.6) is 11.5 Å². The number of ether oxygens (including phenoxy) is 2. The molecule has 3 aromatic rings. The number of nitriles is 1. The Balaban J connectivity index is 1.90. The van der Waals surface area contributed by atoms with Crippen LogP contribution in [-0.4, -0.2) is 16.3 Å². The standard InChI is InChI=1S/C16H11N3O2/c1-19-13-4-2-10(8-17)6-12(13)18-16(19)11-3-5-14-15(7-11)21-9-20-14/h2-7H,9H2,1H3. The Morgan fingerprint density at radius 3 is 2.86 bits per heavy atom. The molecule has 0 fully saturated rings. The average Bonchev–Trinajstić information content (AvgIpc) is 3.10. The maximum atomic E-state index is 8.98. The van der Waals surface area contributed by atoms with E-state index in [1.54, 1.807) is 12.1 Å². The largest absolute Gasteiger partial charge is 0.454 e. The van der Waals surface area contributed by atoms with Gasteiger partial charge in [-0.3, -0.25) is 0 Å². The van der Waals surface area contributed by atoms with E-state index >= 15 is 0 Å². The molecule has 0 radical (unpaired) electrons. The number of nitrogens with zero attached hydrogens (tertiary/aromatic N) is 3. The Bertz CT molecular complexity index is 906. The molecule has 2 heterocycles. The predicted octanol–water partition coefficient (Wildman–Crippen LogP) is 2.84. The molecule has 0 atom stereocenters. The van der Waals surface area contributed by atoms with Crippen molar-refractivity contribution in [1.82, 2.24) is 9.55 Å². The third-order valence-electron chi connectivity index (χ3n) is 3.64. The minimum Gasteiger partial charge on any atom is -0.454 e. The van der Waals surface area contributed by atoms with Gasteiger partial charge in [0, 0.05) is 12.6 Å². The van der Waals surface area contributed by atoms with Crippen molar-refractivity contribution in [1.29, 1.82) is 5.26 Å². The van der Waals surface area contributed by atoms with E-state index < -0.39 is 0 Å². The molecule has 2 aromatic carbocycles. The number of hydrogen-bond donors (Lipinski definition) is 0. The fourth-order valence-corrected chi connectivity index (χ4v) is 2.56. The molecule has 1 aliphatic heterocycles. The van der Waals surface area contributed by atoms with Crippen molar-refractivity contribution in [2.75, 3.05) is 6.79 Å². The molecule has 1 aromatic heterocycles. The van der Waals surface area contributed by atoms with E-state index in [-0.39, 0.29) is 6.79 Å². The summed E-state index contributed by atoms with van der Waals surface area (Å²) in [6.45, 7) is 0.257. The molecule has 0 N–H and O–H groups in total. The summed E-state index contributed by atoms with van der Waals surface area (Å²) >= 11 is 0. The van der Waals surface area contributed by atoms with Crippen LogP contribution in [0.15, 0.2) is 36.4 Å². The van der Waals surface area contributed by atoms with Gasteiger partial charge in [-0.25, -0.2) is 4.98 Å². The van der Waals surface area contributed by atoms with Gasteiger partial charge in [0.15, 0.2) is 11.5 Å². The lowest BCUT2D eigenvalue weighted by molar-refractivity contribution is 0.174. The van der Waals surface area contributed by atoms with Gasteiger partial charge in [-0.05, 0) is 36.4 Å². The van der Waals surface area contributed by atoms with Crippen molar-refractivity contribution in [2.45, 2.75) is 0 Å². The second-order valence-corrected chi connectivity index (χ2v) is 4.88. The highest BCUT2D eigenvalue weighted by molar-refractivity contribution is 5.82. The summed E-state index contributed by atoms with van der Waals surface area (Å²) in [6, 6.07) is 13.4. The van der Waals surface area contributed by atoms with E-state index in [1.807, 2.05) is 35.9 Å². The Morgan fingerprint density at radius 1 is 1.14 bits per heavy atom. The van der Waals surface area contributed by atoms with E-state index in [9.17, 15) is 0 Å². The topological polar surface area (TPSA) is 60.1 Å². The summed E-state index contributed by atoms with van der Waals surface area (Å²) in [4.78, 5) is 4.63. The molecular formula is C16H11N3O2. The van der Waals surface area contributed by atoms with Gasteiger partial charge in [-0.1, -0.05) is 0 Å². The van der Waals surface area contributed by atoms with Crippen LogP contribution in [0.3, 0.4) is 0 Å². The van der Waals surface area contributed by atoms with Gasteiger partial charge < -0.3 is 14.0 Å². The predicted molar refractivity (Wildman–Crippen MR) is 77.0 cm³/mol.